The zero-order valence-electron chi connectivity index (χ0n) is 8.82. The van der Waals surface area contributed by atoms with Gasteiger partial charge in [-0.05, 0) is 17.7 Å². The topological polar surface area (TPSA) is 58.4 Å². The summed E-state index contributed by atoms with van der Waals surface area (Å²) >= 11 is 0. The van der Waals surface area contributed by atoms with E-state index in [1.54, 1.807) is 11.1 Å². The molecule has 1 saturated heterocycles. The third-order valence-electron chi connectivity index (χ3n) is 2.63. The molecule has 16 heavy (non-hydrogen) atoms. The zero-order valence-corrected chi connectivity index (χ0v) is 8.82. The van der Waals surface area contributed by atoms with Crippen LogP contribution < -0.4 is 11.2 Å². The molecule has 86 valence electrons. The van der Waals surface area contributed by atoms with Crippen LogP contribution in [0.5, 0.6) is 0 Å². The van der Waals surface area contributed by atoms with Crippen LogP contribution in [0.3, 0.4) is 0 Å². The van der Waals surface area contributed by atoms with Gasteiger partial charge in [0.05, 0.1) is 6.04 Å². The summed E-state index contributed by atoms with van der Waals surface area (Å²) in [6.45, 7) is 1.01. The average Bonchev–Trinajstić information content (AvgIpc) is 2.60. The molecule has 1 unspecified atom stereocenters. The van der Waals surface area contributed by atoms with Crippen LogP contribution in [0.4, 0.5) is 4.39 Å². The van der Waals surface area contributed by atoms with E-state index in [0.29, 0.717) is 19.5 Å². The molecule has 5 heteroatoms. The van der Waals surface area contributed by atoms with Crippen molar-refractivity contribution in [2.45, 2.75) is 12.5 Å². The van der Waals surface area contributed by atoms with E-state index in [9.17, 15) is 9.18 Å². The third kappa shape index (κ3) is 2.20. The van der Waals surface area contributed by atoms with Crippen LogP contribution in [0, 0.1) is 5.82 Å². The summed E-state index contributed by atoms with van der Waals surface area (Å²) in [5.41, 5.74) is 8.97. The minimum atomic E-state index is -0.287. The molecule has 1 atom stereocenters. The maximum atomic E-state index is 13.1. The molecule has 1 aliphatic heterocycles. The Balaban J connectivity index is 2.21. The van der Waals surface area contributed by atoms with Crippen molar-refractivity contribution in [2.75, 3.05) is 13.1 Å². The molecule has 1 aromatic rings. The van der Waals surface area contributed by atoms with Crippen LogP contribution in [0.2, 0.25) is 0 Å². The minimum Gasteiger partial charge on any atom is -0.329 e. The van der Waals surface area contributed by atoms with Crippen molar-refractivity contribution in [3.63, 3.8) is 0 Å². The van der Waals surface area contributed by atoms with Gasteiger partial charge in [-0.1, -0.05) is 12.1 Å². The van der Waals surface area contributed by atoms with Crippen molar-refractivity contribution < 1.29 is 9.18 Å². The van der Waals surface area contributed by atoms with Gasteiger partial charge in [0.15, 0.2) is 0 Å². The van der Waals surface area contributed by atoms with Gasteiger partial charge in [0.25, 0.3) is 0 Å². The summed E-state index contributed by atoms with van der Waals surface area (Å²) in [5.74, 6) is -0.341. The Morgan fingerprint density at radius 3 is 3.06 bits per heavy atom. The Labute approximate surface area is 93.2 Å². The van der Waals surface area contributed by atoms with Crippen molar-refractivity contribution in [3.8, 4) is 0 Å². The highest BCUT2D eigenvalue weighted by Crippen LogP contribution is 2.27. The van der Waals surface area contributed by atoms with E-state index in [0.717, 1.165) is 5.56 Å². The van der Waals surface area contributed by atoms with Crippen molar-refractivity contribution in [1.29, 1.82) is 0 Å². The lowest BCUT2D eigenvalue weighted by molar-refractivity contribution is -0.120. The Hall–Kier alpha value is -1.46. The lowest BCUT2D eigenvalue weighted by Gasteiger charge is -2.22. The van der Waals surface area contributed by atoms with E-state index in [1.807, 2.05) is 6.07 Å². The summed E-state index contributed by atoms with van der Waals surface area (Å²) in [5, 5.41) is 1.76. The molecular formula is C11H14FN3O. The number of carbonyl (C=O) groups is 1. The lowest BCUT2D eigenvalue weighted by atomic mass is 10.0. The van der Waals surface area contributed by atoms with Crippen LogP contribution in [0.15, 0.2) is 24.3 Å². The van der Waals surface area contributed by atoms with Gasteiger partial charge in [-0.2, -0.15) is 0 Å². The summed E-state index contributed by atoms with van der Waals surface area (Å²) in [6.07, 6.45) is 0.351. The minimum absolute atomic E-state index is 0.0530. The SMILES string of the molecule is NCCN1NC(=O)CC1c1cccc(F)c1. The standard InChI is InChI=1S/C11H14FN3O/c12-9-3-1-2-8(6-9)10-7-11(16)14-15(10)5-4-13/h1-3,6,10H,4-5,7,13H2,(H,14,16). The number of nitrogens with one attached hydrogen (secondary N) is 1. The second-order valence-corrected chi connectivity index (χ2v) is 3.79. The predicted octanol–water partition coefficient (Wildman–Crippen LogP) is 0.562. The van der Waals surface area contributed by atoms with E-state index in [4.69, 9.17) is 5.73 Å². The fourth-order valence-electron chi connectivity index (χ4n) is 1.93. The van der Waals surface area contributed by atoms with Gasteiger partial charge in [0.1, 0.15) is 5.82 Å². The first-order valence-corrected chi connectivity index (χ1v) is 5.22. The molecule has 1 heterocycles. The van der Waals surface area contributed by atoms with Gasteiger partial charge in [0.2, 0.25) is 5.91 Å². The maximum Gasteiger partial charge on any atom is 0.236 e. The quantitative estimate of drug-likeness (QED) is 0.787. The van der Waals surface area contributed by atoms with Gasteiger partial charge in [-0.15, -0.1) is 0 Å². The summed E-state index contributed by atoms with van der Waals surface area (Å²) < 4.78 is 13.1. The first-order valence-electron chi connectivity index (χ1n) is 5.22. The van der Waals surface area contributed by atoms with Crippen molar-refractivity contribution in [1.82, 2.24) is 10.4 Å². The zero-order chi connectivity index (χ0) is 11.5. The molecule has 2 rings (SSSR count). The van der Waals surface area contributed by atoms with Gasteiger partial charge < -0.3 is 5.73 Å². The molecule has 0 spiro atoms. The molecule has 0 saturated carbocycles. The molecule has 1 amide bonds. The van der Waals surface area contributed by atoms with Crippen LogP contribution in [-0.4, -0.2) is 24.0 Å². The van der Waals surface area contributed by atoms with Gasteiger partial charge in [-0.3, -0.25) is 10.2 Å². The normalized spacial score (nSPS) is 21.1. The fraction of sp³-hybridized carbons (Fsp3) is 0.364. The van der Waals surface area contributed by atoms with Gasteiger partial charge in [0, 0.05) is 19.5 Å². The second kappa shape index (κ2) is 4.59. The Morgan fingerprint density at radius 2 is 2.38 bits per heavy atom. The number of nitrogens with zero attached hydrogens (tertiary/aromatic N) is 1. The van der Waals surface area contributed by atoms with Crippen LogP contribution in [0.1, 0.15) is 18.0 Å². The third-order valence-corrected chi connectivity index (χ3v) is 2.63. The molecule has 0 aromatic heterocycles. The summed E-state index contributed by atoms with van der Waals surface area (Å²) in [7, 11) is 0. The number of carbonyl (C=O) groups excluding carboxylic acids is 1. The fourth-order valence-corrected chi connectivity index (χ4v) is 1.93. The number of hydrazine groups is 1. The average molecular weight is 223 g/mol. The van der Waals surface area contributed by atoms with E-state index in [2.05, 4.69) is 5.43 Å². The smallest absolute Gasteiger partial charge is 0.236 e. The van der Waals surface area contributed by atoms with Crippen molar-refractivity contribution in [2.24, 2.45) is 5.73 Å². The number of rotatable bonds is 3. The molecule has 3 N–H and O–H groups in total. The van der Waals surface area contributed by atoms with Crippen molar-refractivity contribution in [3.05, 3.63) is 35.6 Å². The lowest BCUT2D eigenvalue weighted by Crippen LogP contribution is -2.38. The van der Waals surface area contributed by atoms with Gasteiger partial charge in [-0.25, -0.2) is 9.40 Å². The van der Waals surface area contributed by atoms with Gasteiger partial charge >= 0.3 is 0 Å². The van der Waals surface area contributed by atoms with Crippen LogP contribution in [-0.2, 0) is 4.79 Å². The highest BCUT2D eigenvalue weighted by Gasteiger charge is 2.30. The summed E-state index contributed by atoms with van der Waals surface area (Å²) in [4.78, 5) is 11.3. The number of hydrogen-bond acceptors (Lipinski definition) is 3. The highest BCUT2D eigenvalue weighted by molar-refractivity contribution is 5.78. The Morgan fingerprint density at radius 1 is 1.56 bits per heavy atom. The van der Waals surface area contributed by atoms with E-state index in [-0.39, 0.29) is 17.8 Å². The largest absolute Gasteiger partial charge is 0.329 e. The molecule has 0 bridgehead atoms. The number of benzene rings is 1. The molecule has 1 aromatic carbocycles. The molecule has 1 fully saturated rings. The number of hydrogen-bond donors (Lipinski definition) is 2. The van der Waals surface area contributed by atoms with E-state index >= 15 is 0 Å². The van der Waals surface area contributed by atoms with Crippen LogP contribution >= 0.6 is 0 Å². The number of halogens is 1. The van der Waals surface area contributed by atoms with E-state index in [1.165, 1.54) is 12.1 Å². The molecule has 0 aliphatic carbocycles. The monoisotopic (exact) mass is 223 g/mol. The highest BCUT2D eigenvalue weighted by atomic mass is 19.1. The Kier molecular flexibility index (Phi) is 3.17. The second-order valence-electron chi connectivity index (χ2n) is 3.79. The Bertz CT molecular complexity index is 397. The van der Waals surface area contributed by atoms with E-state index < -0.39 is 0 Å². The number of nitrogens with two attached hydrogens (primary N) is 1. The molecule has 1 aliphatic rings. The van der Waals surface area contributed by atoms with Crippen LogP contribution in [0.25, 0.3) is 0 Å². The first kappa shape index (κ1) is 11.0. The number of amides is 1. The predicted molar refractivity (Wildman–Crippen MR) is 57.7 cm³/mol. The van der Waals surface area contributed by atoms with Crippen molar-refractivity contribution >= 4 is 5.91 Å². The first-order chi connectivity index (χ1) is 7.70. The summed E-state index contributed by atoms with van der Waals surface area (Å²) in [6, 6.07) is 6.19. The molecule has 4 nitrogen and oxygen atoms in total. The molecule has 0 radical (unpaired) electrons. The maximum absolute atomic E-state index is 13.1. The molecular weight excluding hydrogens is 209 g/mol.